The number of nitrogens with zero attached hydrogens (tertiary/aromatic N) is 3. The Hall–Kier alpha value is -2.94. The van der Waals surface area contributed by atoms with Crippen molar-refractivity contribution in [3.05, 3.63) is 47.4 Å². The molecule has 27 heavy (non-hydrogen) atoms. The van der Waals surface area contributed by atoms with Crippen molar-refractivity contribution in [1.82, 2.24) is 14.4 Å². The minimum absolute atomic E-state index is 0.0525. The molecule has 0 saturated heterocycles. The van der Waals surface area contributed by atoms with E-state index in [0.717, 1.165) is 0 Å². The SMILES string of the molecule is Cc1cn2c(-c3cc(C(O)(CC=O)C(F)(F)F)ccc3C)cnc2c(N)n1. The van der Waals surface area contributed by atoms with Crippen LogP contribution in [0.5, 0.6) is 0 Å². The number of aliphatic hydroxyl groups is 1. The smallest absolute Gasteiger partial charge is 0.381 e. The van der Waals surface area contributed by atoms with E-state index in [2.05, 4.69) is 9.97 Å². The summed E-state index contributed by atoms with van der Waals surface area (Å²) < 4.78 is 42.0. The van der Waals surface area contributed by atoms with Crippen LogP contribution in [0.25, 0.3) is 16.9 Å². The van der Waals surface area contributed by atoms with Gasteiger partial charge in [0, 0.05) is 18.2 Å². The summed E-state index contributed by atoms with van der Waals surface area (Å²) in [7, 11) is 0. The minimum atomic E-state index is -5.01. The predicted octanol–water partition coefficient (Wildman–Crippen LogP) is 2.93. The number of aromatic nitrogens is 3. The van der Waals surface area contributed by atoms with Crippen LogP contribution in [0.1, 0.15) is 23.2 Å². The highest BCUT2D eigenvalue weighted by atomic mass is 19.4. The number of anilines is 1. The van der Waals surface area contributed by atoms with Gasteiger partial charge in [0.25, 0.3) is 0 Å². The quantitative estimate of drug-likeness (QED) is 0.681. The fourth-order valence-electron chi connectivity index (χ4n) is 3.01. The summed E-state index contributed by atoms with van der Waals surface area (Å²) in [6, 6.07) is 3.85. The Morgan fingerprint density at radius 2 is 2.00 bits per heavy atom. The van der Waals surface area contributed by atoms with Gasteiger partial charge in [0.2, 0.25) is 0 Å². The van der Waals surface area contributed by atoms with Crippen LogP contribution in [-0.4, -0.2) is 31.9 Å². The first kappa shape index (κ1) is 18.8. The molecule has 0 amide bonds. The van der Waals surface area contributed by atoms with E-state index in [-0.39, 0.29) is 12.1 Å². The number of rotatable bonds is 4. The molecule has 142 valence electrons. The van der Waals surface area contributed by atoms with Crippen LogP contribution in [0.3, 0.4) is 0 Å². The van der Waals surface area contributed by atoms with Crippen LogP contribution in [-0.2, 0) is 10.4 Å². The number of alkyl halides is 3. The molecule has 0 saturated carbocycles. The topological polar surface area (TPSA) is 93.5 Å². The van der Waals surface area contributed by atoms with Crippen molar-refractivity contribution in [3.8, 4) is 11.3 Å². The molecule has 2 heterocycles. The van der Waals surface area contributed by atoms with E-state index >= 15 is 0 Å². The zero-order valence-corrected chi connectivity index (χ0v) is 14.6. The maximum absolute atomic E-state index is 13.5. The van der Waals surface area contributed by atoms with Crippen LogP contribution in [0.4, 0.5) is 19.0 Å². The van der Waals surface area contributed by atoms with Gasteiger partial charge in [-0.3, -0.25) is 4.40 Å². The Morgan fingerprint density at radius 3 is 2.63 bits per heavy atom. The molecule has 3 rings (SSSR count). The lowest BCUT2D eigenvalue weighted by Gasteiger charge is -2.29. The first-order valence-electron chi connectivity index (χ1n) is 8.03. The van der Waals surface area contributed by atoms with Crippen LogP contribution in [0.15, 0.2) is 30.6 Å². The molecule has 2 aromatic heterocycles. The number of nitrogens with two attached hydrogens (primary N) is 1. The Balaban J connectivity index is 2.25. The molecule has 0 fully saturated rings. The first-order valence-corrected chi connectivity index (χ1v) is 8.03. The highest BCUT2D eigenvalue weighted by molar-refractivity contribution is 5.72. The zero-order chi connectivity index (χ0) is 20.0. The lowest BCUT2D eigenvalue weighted by molar-refractivity contribution is -0.266. The second kappa shape index (κ2) is 6.34. The second-order valence-electron chi connectivity index (χ2n) is 6.36. The maximum Gasteiger partial charge on any atom is 0.421 e. The van der Waals surface area contributed by atoms with Gasteiger partial charge in [-0.1, -0.05) is 12.1 Å². The summed E-state index contributed by atoms with van der Waals surface area (Å²) in [6.07, 6.45) is -2.91. The molecular weight excluding hydrogens is 361 g/mol. The van der Waals surface area contributed by atoms with Crippen molar-refractivity contribution in [3.63, 3.8) is 0 Å². The molecule has 9 heteroatoms. The van der Waals surface area contributed by atoms with Crippen molar-refractivity contribution in [2.75, 3.05) is 5.73 Å². The number of benzene rings is 1. The van der Waals surface area contributed by atoms with Gasteiger partial charge in [-0.15, -0.1) is 0 Å². The highest BCUT2D eigenvalue weighted by Crippen LogP contribution is 2.42. The van der Waals surface area contributed by atoms with Gasteiger partial charge in [-0.2, -0.15) is 13.2 Å². The van der Waals surface area contributed by atoms with Gasteiger partial charge < -0.3 is 15.6 Å². The average molecular weight is 378 g/mol. The molecule has 0 spiro atoms. The van der Waals surface area contributed by atoms with Crippen LogP contribution in [0.2, 0.25) is 0 Å². The third kappa shape index (κ3) is 3.03. The fraction of sp³-hybridized carbons (Fsp3) is 0.278. The van der Waals surface area contributed by atoms with Gasteiger partial charge in [-0.05, 0) is 31.0 Å². The molecule has 0 aliphatic carbocycles. The highest BCUT2D eigenvalue weighted by Gasteiger charge is 2.54. The summed E-state index contributed by atoms with van der Waals surface area (Å²) in [4.78, 5) is 19.1. The summed E-state index contributed by atoms with van der Waals surface area (Å²) in [5, 5.41) is 10.2. The predicted molar refractivity (Wildman–Crippen MR) is 92.9 cm³/mol. The zero-order valence-electron chi connectivity index (χ0n) is 14.6. The summed E-state index contributed by atoms with van der Waals surface area (Å²) in [6.45, 7) is 3.46. The number of nitrogen functional groups attached to an aromatic ring is 1. The lowest BCUT2D eigenvalue weighted by atomic mass is 9.87. The van der Waals surface area contributed by atoms with Crippen molar-refractivity contribution in [1.29, 1.82) is 0 Å². The standard InChI is InChI=1S/C18H17F3N4O2/c1-10-3-4-12(17(27,5-6-26)18(19,20)21)7-13(10)14-8-23-16-15(22)24-11(2)9-25(14)16/h3-4,6-9,27H,5H2,1-2H3,(H2,22,24). The van der Waals surface area contributed by atoms with E-state index in [1.165, 1.54) is 24.4 Å². The van der Waals surface area contributed by atoms with Gasteiger partial charge in [0.05, 0.1) is 17.6 Å². The van der Waals surface area contributed by atoms with Crippen molar-refractivity contribution < 1.29 is 23.1 Å². The van der Waals surface area contributed by atoms with E-state index in [4.69, 9.17) is 5.73 Å². The fourth-order valence-corrected chi connectivity index (χ4v) is 3.01. The number of carbonyl (C=O) groups is 1. The van der Waals surface area contributed by atoms with Crippen molar-refractivity contribution in [2.24, 2.45) is 0 Å². The third-order valence-electron chi connectivity index (χ3n) is 4.48. The number of aldehydes is 1. The number of hydrogen-bond acceptors (Lipinski definition) is 5. The Kier molecular flexibility index (Phi) is 4.43. The molecule has 6 nitrogen and oxygen atoms in total. The number of hydrogen-bond donors (Lipinski definition) is 2. The minimum Gasteiger partial charge on any atom is -0.381 e. The largest absolute Gasteiger partial charge is 0.421 e. The van der Waals surface area contributed by atoms with E-state index in [1.807, 2.05) is 0 Å². The Labute approximate surface area is 152 Å². The number of carbonyl (C=O) groups excluding carboxylic acids is 1. The summed E-state index contributed by atoms with van der Waals surface area (Å²) in [5.41, 5.74) is 4.75. The molecule has 3 N–H and O–H groups in total. The first-order chi connectivity index (χ1) is 12.6. The molecule has 0 aliphatic rings. The van der Waals surface area contributed by atoms with Crippen molar-refractivity contribution >= 4 is 17.8 Å². The monoisotopic (exact) mass is 378 g/mol. The van der Waals surface area contributed by atoms with Gasteiger partial charge in [0.1, 0.15) is 6.29 Å². The molecule has 3 aromatic rings. The number of halogens is 3. The third-order valence-corrected chi connectivity index (χ3v) is 4.48. The molecule has 0 bridgehead atoms. The van der Waals surface area contributed by atoms with Crippen LogP contribution in [0, 0.1) is 13.8 Å². The van der Waals surface area contributed by atoms with Gasteiger partial charge in [-0.25, -0.2) is 9.97 Å². The van der Waals surface area contributed by atoms with Crippen LogP contribution >= 0.6 is 0 Å². The second-order valence-corrected chi connectivity index (χ2v) is 6.36. The Morgan fingerprint density at radius 1 is 1.30 bits per heavy atom. The van der Waals surface area contributed by atoms with Crippen LogP contribution < -0.4 is 5.73 Å². The molecule has 0 radical (unpaired) electrons. The number of fused-ring (bicyclic) bond motifs is 1. The summed E-state index contributed by atoms with van der Waals surface area (Å²) in [5.74, 6) is 0.197. The lowest BCUT2D eigenvalue weighted by Crippen LogP contribution is -2.42. The van der Waals surface area contributed by atoms with Gasteiger partial charge in [0.15, 0.2) is 17.1 Å². The van der Waals surface area contributed by atoms with Crippen molar-refractivity contribution in [2.45, 2.75) is 32.0 Å². The van der Waals surface area contributed by atoms with E-state index in [0.29, 0.717) is 28.2 Å². The average Bonchev–Trinajstić information content (AvgIpc) is 2.98. The van der Waals surface area contributed by atoms with Gasteiger partial charge >= 0.3 is 6.18 Å². The maximum atomic E-state index is 13.5. The van der Waals surface area contributed by atoms with E-state index in [1.54, 1.807) is 24.4 Å². The van der Waals surface area contributed by atoms with E-state index < -0.39 is 23.8 Å². The normalized spacial score (nSPS) is 14.3. The molecule has 1 atom stereocenters. The number of imidazole rings is 1. The molecule has 1 aromatic carbocycles. The van der Waals surface area contributed by atoms with E-state index in [9.17, 15) is 23.1 Å². The number of aryl methyl sites for hydroxylation is 2. The summed E-state index contributed by atoms with van der Waals surface area (Å²) >= 11 is 0. The molecular formula is C18H17F3N4O2. The molecule has 1 unspecified atom stereocenters. The molecule has 0 aliphatic heterocycles. The Bertz CT molecular complexity index is 1030.